The number of alkyl halides is 1. The fourth-order valence-corrected chi connectivity index (χ4v) is 2.11. The molecule has 5 heteroatoms. The number of ether oxygens (including phenoxy) is 1. The number of nitrogens with zero attached hydrogens (tertiary/aromatic N) is 1. The Balaban J connectivity index is 2.30. The van der Waals surface area contributed by atoms with E-state index in [1.54, 1.807) is 24.3 Å². The first kappa shape index (κ1) is 13.5. The van der Waals surface area contributed by atoms with Crippen molar-refractivity contribution in [3.05, 3.63) is 51.6 Å². The molecule has 0 atom stereocenters. The van der Waals surface area contributed by atoms with Crippen molar-refractivity contribution in [2.24, 2.45) is 0 Å². The first-order valence-electron chi connectivity index (χ1n) is 5.25. The summed E-state index contributed by atoms with van der Waals surface area (Å²) in [6.45, 7) is 1.88. The van der Waals surface area contributed by atoms with Gasteiger partial charge in [0.05, 0.1) is 5.02 Å². The second kappa shape index (κ2) is 5.79. The third kappa shape index (κ3) is 3.29. The molecule has 0 aliphatic carbocycles. The summed E-state index contributed by atoms with van der Waals surface area (Å²) in [5.41, 5.74) is 1.79. The van der Waals surface area contributed by atoms with Gasteiger partial charge >= 0.3 is 0 Å². The van der Waals surface area contributed by atoms with Gasteiger partial charge in [-0.2, -0.15) is 0 Å². The molecule has 1 aromatic heterocycles. The first-order chi connectivity index (χ1) is 8.58. The largest absolute Gasteiger partial charge is 0.437 e. The predicted octanol–water partition coefficient (Wildman–Crippen LogP) is 5.23. The first-order valence-corrected chi connectivity index (χ1v) is 6.54. The van der Waals surface area contributed by atoms with E-state index in [0.717, 1.165) is 11.3 Å². The standard InChI is InChI=1S/C13H10Cl3NO/c1-8-4-9(7-14)5-13(17-8)18-12-3-2-10(15)6-11(12)16/h2-6H,7H2,1H3. The SMILES string of the molecule is Cc1cc(CCl)cc(Oc2ccc(Cl)cc2Cl)n1. The van der Waals surface area contributed by atoms with E-state index in [4.69, 9.17) is 39.5 Å². The molecule has 2 rings (SSSR count). The van der Waals surface area contributed by atoms with Crippen molar-refractivity contribution in [3.63, 3.8) is 0 Å². The van der Waals surface area contributed by atoms with Crippen LogP contribution in [-0.4, -0.2) is 4.98 Å². The van der Waals surface area contributed by atoms with Gasteiger partial charge in [-0.25, -0.2) is 4.98 Å². The number of hydrogen-bond acceptors (Lipinski definition) is 2. The minimum absolute atomic E-state index is 0.411. The fraction of sp³-hybridized carbons (Fsp3) is 0.154. The van der Waals surface area contributed by atoms with Gasteiger partial charge in [-0.1, -0.05) is 23.2 Å². The summed E-state index contributed by atoms with van der Waals surface area (Å²) in [6, 6.07) is 8.72. The molecular weight excluding hydrogens is 293 g/mol. The van der Waals surface area contributed by atoms with Crippen LogP contribution >= 0.6 is 34.8 Å². The van der Waals surface area contributed by atoms with Crippen molar-refractivity contribution in [1.29, 1.82) is 0 Å². The summed E-state index contributed by atoms with van der Waals surface area (Å²) in [4.78, 5) is 4.27. The Morgan fingerprint density at radius 3 is 2.61 bits per heavy atom. The average molecular weight is 303 g/mol. The van der Waals surface area contributed by atoms with Crippen LogP contribution in [0, 0.1) is 6.92 Å². The van der Waals surface area contributed by atoms with Crippen molar-refractivity contribution in [2.75, 3.05) is 0 Å². The summed E-state index contributed by atoms with van der Waals surface area (Å²) in [6.07, 6.45) is 0. The van der Waals surface area contributed by atoms with E-state index < -0.39 is 0 Å². The molecule has 0 saturated carbocycles. The molecule has 0 spiro atoms. The molecule has 2 nitrogen and oxygen atoms in total. The molecule has 2 aromatic rings. The number of benzene rings is 1. The summed E-state index contributed by atoms with van der Waals surface area (Å²) in [5.74, 6) is 1.39. The lowest BCUT2D eigenvalue weighted by Gasteiger charge is -2.08. The monoisotopic (exact) mass is 301 g/mol. The van der Waals surface area contributed by atoms with E-state index in [1.807, 2.05) is 13.0 Å². The van der Waals surface area contributed by atoms with Crippen LogP contribution in [-0.2, 0) is 5.88 Å². The highest BCUT2D eigenvalue weighted by Crippen LogP contribution is 2.31. The molecular formula is C13H10Cl3NO. The fourth-order valence-electron chi connectivity index (χ4n) is 1.51. The molecule has 0 N–H and O–H groups in total. The number of aryl methyl sites for hydroxylation is 1. The molecule has 0 unspecified atom stereocenters. The molecule has 0 radical (unpaired) electrons. The van der Waals surface area contributed by atoms with E-state index in [-0.39, 0.29) is 0 Å². The zero-order valence-electron chi connectivity index (χ0n) is 9.58. The highest BCUT2D eigenvalue weighted by molar-refractivity contribution is 6.35. The molecule has 1 aromatic carbocycles. The van der Waals surface area contributed by atoms with Gasteiger partial charge in [0.1, 0.15) is 5.75 Å². The van der Waals surface area contributed by atoms with Crippen molar-refractivity contribution in [2.45, 2.75) is 12.8 Å². The van der Waals surface area contributed by atoms with Gasteiger partial charge in [0.25, 0.3) is 0 Å². The van der Waals surface area contributed by atoms with Crippen molar-refractivity contribution < 1.29 is 4.74 Å². The number of rotatable bonds is 3. The summed E-state index contributed by atoms with van der Waals surface area (Å²) >= 11 is 17.6. The van der Waals surface area contributed by atoms with Crippen LogP contribution in [0.25, 0.3) is 0 Å². The van der Waals surface area contributed by atoms with Crippen LogP contribution in [0.15, 0.2) is 30.3 Å². The van der Waals surface area contributed by atoms with Crippen LogP contribution in [0.1, 0.15) is 11.3 Å². The Hall–Kier alpha value is -0.960. The molecule has 0 bridgehead atoms. The van der Waals surface area contributed by atoms with Crippen molar-refractivity contribution in [1.82, 2.24) is 4.98 Å². The van der Waals surface area contributed by atoms with Gasteiger partial charge in [-0.3, -0.25) is 0 Å². The summed E-state index contributed by atoms with van der Waals surface area (Å²) in [5, 5.41) is 1.00. The Morgan fingerprint density at radius 2 is 1.94 bits per heavy atom. The lowest BCUT2D eigenvalue weighted by molar-refractivity contribution is 0.461. The van der Waals surface area contributed by atoms with Gasteiger partial charge in [0.15, 0.2) is 0 Å². The Bertz CT molecular complexity index is 572. The van der Waals surface area contributed by atoms with Gasteiger partial charge in [0, 0.05) is 22.7 Å². The normalized spacial score (nSPS) is 10.4. The zero-order valence-corrected chi connectivity index (χ0v) is 11.9. The number of aromatic nitrogens is 1. The molecule has 0 aliphatic heterocycles. The molecule has 1 heterocycles. The Labute approximate surface area is 120 Å². The second-order valence-corrected chi connectivity index (χ2v) is 4.88. The van der Waals surface area contributed by atoms with Crippen LogP contribution in [0.2, 0.25) is 10.0 Å². The Morgan fingerprint density at radius 1 is 1.17 bits per heavy atom. The predicted molar refractivity (Wildman–Crippen MR) is 75.1 cm³/mol. The second-order valence-electron chi connectivity index (χ2n) is 3.77. The van der Waals surface area contributed by atoms with Gasteiger partial charge in [-0.05, 0) is 36.8 Å². The molecule has 0 fully saturated rings. The maximum atomic E-state index is 6.03. The molecule has 0 aliphatic rings. The number of pyridine rings is 1. The third-order valence-electron chi connectivity index (χ3n) is 2.25. The third-order valence-corrected chi connectivity index (χ3v) is 3.09. The molecule has 18 heavy (non-hydrogen) atoms. The van der Waals surface area contributed by atoms with Crippen molar-refractivity contribution >= 4 is 34.8 Å². The van der Waals surface area contributed by atoms with Crippen molar-refractivity contribution in [3.8, 4) is 11.6 Å². The summed E-state index contributed by atoms with van der Waals surface area (Å²) in [7, 11) is 0. The van der Waals surface area contributed by atoms with E-state index >= 15 is 0 Å². The van der Waals surface area contributed by atoms with Crippen LogP contribution < -0.4 is 4.74 Å². The number of halogens is 3. The highest BCUT2D eigenvalue weighted by Gasteiger charge is 2.06. The minimum Gasteiger partial charge on any atom is -0.437 e. The van der Waals surface area contributed by atoms with Gasteiger partial charge in [-0.15, -0.1) is 11.6 Å². The lowest BCUT2D eigenvalue weighted by Crippen LogP contribution is -1.93. The zero-order chi connectivity index (χ0) is 13.1. The van der Waals surface area contributed by atoms with E-state index in [0.29, 0.717) is 27.6 Å². The van der Waals surface area contributed by atoms with E-state index in [1.165, 1.54) is 0 Å². The summed E-state index contributed by atoms with van der Waals surface area (Å²) < 4.78 is 5.63. The van der Waals surface area contributed by atoms with Crippen LogP contribution in [0.5, 0.6) is 11.6 Å². The van der Waals surface area contributed by atoms with Crippen LogP contribution in [0.4, 0.5) is 0 Å². The molecule has 0 amide bonds. The quantitative estimate of drug-likeness (QED) is 0.724. The Kier molecular flexibility index (Phi) is 4.33. The number of hydrogen-bond donors (Lipinski definition) is 0. The maximum Gasteiger partial charge on any atom is 0.219 e. The lowest BCUT2D eigenvalue weighted by atomic mass is 10.2. The molecule has 94 valence electrons. The van der Waals surface area contributed by atoms with E-state index in [2.05, 4.69) is 4.98 Å². The highest BCUT2D eigenvalue weighted by atomic mass is 35.5. The minimum atomic E-state index is 0.411. The topological polar surface area (TPSA) is 22.1 Å². The molecule has 0 saturated heterocycles. The van der Waals surface area contributed by atoms with Gasteiger partial charge in [0.2, 0.25) is 5.88 Å². The average Bonchev–Trinajstić information content (AvgIpc) is 2.32. The van der Waals surface area contributed by atoms with E-state index in [9.17, 15) is 0 Å². The smallest absolute Gasteiger partial charge is 0.219 e. The maximum absolute atomic E-state index is 6.03. The van der Waals surface area contributed by atoms with Crippen LogP contribution in [0.3, 0.4) is 0 Å². The van der Waals surface area contributed by atoms with Gasteiger partial charge < -0.3 is 4.74 Å².